The molecule has 0 aliphatic heterocycles. The molecule has 7 heteroatoms. The SMILES string of the molecule is CC(Nc1ccc(S(=O)(=O)NC2CC2)cc1)c1ncc[nH]1. The van der Waals surface area contributed by atoms with Crippen LogP contribution in [0.2, 0.25) is 0 Å². The van der Waals surface area contributed by atoms with E-state index in [2.05, 4.69) is 20.0 Å². The molecule has 1 fully saturated rings. The van der Waals surface area contributed by atoms with E-state index < -0.39 is 10.0 Å². The minimum atomic E-state index is -3.38. The summed E-state index contributed by atoms with van der Waals surface area (Å²) in [4.78, 5) is 7.52. The molecule has 0 saturated heterocycles. The van der Waals surface area contributed by atoms with Crippen LogP contribution in [0.25, 0.3) is 0 Å². The van der Waals surface area contributed by atoms with Crippen LogP contribution in [0.5, 0.6) is 0 Å². The summed E-state index contributed by atoms with van der Waals surface area (Å²) in [5.41, 5.74) is 0.851. The minimum absolute atomic E-state index is 0.0204. The van der Waals surface area contributed by atoms with Crippen molar-refractivity contribution in [2.45, 2.75) is 36.7 Å². The molecule has 21 heavy (non-hydrogen) atoms. The highest BCUT2D eigenvalue weighted by Crippen LogP contribution is 2.23. The number of anilines is 1. The first-order chi connectivity index (χ1) is 10.0. The van der Waals surface area contributed by atoms with Gasteiger partial charge in [-0.25, -0.2) is 18.1 Å². The van der Waals surface area contributed by atoms with Crippen molar-refractivity contribution in [3.8, 4) is 0 Å². The summed E-state index contributed by atoms with van der Waals surface area (Å²) >= 11 is 0. The largest absolute Gasteiger partial charge is 0.375 e. The lowest BCUT2D eigenvalue weighted by Gasteiger charge is -2.13. The Balaban J connectivity index is 1.69. The van der Waals surface area contributed by atoms with Gasteiger partial charge >= 0.3 is 0 Å². The number of imidazole rings is 1. The van der Waals surface area contributed by atoms with Crippen molar-refractivity contribution in [1.82, 2.24) is 14.7 Å². The topological polar surface area (TPSA) is 86.9 Å². The molecule has 1 aromatic heterocycles. The molecule has 1 aliphatic rings. The summed E-state index contributed by atoms with van der Waals surface area (Å²) in [7, 11) is -3.38. The molecule has 0 amide bonds. The second-order valence-electron chi connectivity index (χ2n) is 5.26. The van der Waals surface area contributed by atoms with Gasteiger partial charge in [0.15, 0.2) is 0 Å². The molecule has 0 bridgehead atoms. The van der Waals surface area contributed by atoms with Gasteiger partial charge in [-0.1, -0.05) is 0 Å². The van der Waals surface area contributed by atoms with E-state index in [1.807, 2.05) is 6.92 Å². The summed E-state index contributed by atoms with van der Waals surface area (Å²) in [6, 6.07) is 6.89. The molecular formula is C14H18N4O2S. The van der Waals surface area contributed by atoms with Crippen LogP contribution in [0.4, 0.5) is 5.69 Å². The third kappa shape index (κ3) is 3.43. The van der Waals surface area contributed by atoms with Crippen molar-refractivity contribution in [1.29, 1.82) is 0 Å². The first-order valence-electron chi connectivity index (χ1n) is 6.93. The van der Waals surface area contributed by atoms with Crippen LogP contribution in [0.3, 0.4) is 0 Å². The molecule has 1 saturated carbocycles. The molecule has 6 nitrogen and oxygen atoms in total. The van der Waals surface area contributed by atoms with E-state index >= 15 is 0 Å². The number of sulfonamides is 1. The summed E-state index contributed by atoms with van der Waals surface area (Å²) in [5.74, 6) is 0.835. The number of aromatic amines is 1. The van der Waals surface area contributed by atoms with Crippen LogP contribution in [0.15, 0.2) is 41.6 Å². The first-order valence-corrected chi connectivity index (χ1v) is 8.41. The summed E-state index contributed by atoms with van der Waals surface area (Å²) in [6.45, 7) is 1.98. The summed E-state index contributed by atoms with van der Waals surface area (Å²) < 4.78 is 26.8. The number of hydrogen-bond donors (Lipinski definition) is 3. The van der Waals surface area contributed by atoms with E-state index in [9.17, 15) is 8.42 Å². The Kier molecular flexibility index (Phi) is 3.69. The van der Waals surface area contributed by atoms with Gasteiger partial charge in [-0.2, -0.15) is 0 Å². The molecule has 1 heterocycles. The highest BCUT2D eigenvalue weighted by atomic mass is 32.2. The van der Waals surface area contributed by atoms with Crippen LogP contribution in [0, 0.1) is 0 Å². The van der Waals surface area contributed by atoms with Gasteiger partial charge in [0.1, 0.15) is 5.82 Å². The maximum atomic E-state index is 12.1. The lowest BCUT2D eigenvalue weighted by molar-refractivity contribution is 0.581. The van der Waals surface area contributed by atoms with E-state index in [1.54, 1.807) is 36.7 Å². The molecule has 1 unspecified atom stereocenters. The van der Waals surface area contributed by atoms with E-state index in [1.165, 1.54) is 0 Å². The first kappa shape index (κ1) is 14.1. The Morgan fingerprint density at radius 2 is 2.00 bits per heavy atom. The fraction of sp³-hybridized carbons (Fsp3) is 0.357. The fourth-order valence-corrected chi connectivity index (χ4v) is 3.36. The maximum absolute atomic E-state index is 12.1. The van der Waals surface area contributed by atoms with Crippen LogP contribution >= 0.6 is 0 Å². The Labute approximate surface area is 124 Å². The minimum Gasteiger partial charge on any atom is -0.375 e. The average molecular weight is 306 g/mol. The van der Waals surface area contributed by atoms with Gasteiger partial charge in [0.05, 0.1) is 10.9 Å². The molecular weight excluding hydrogens is 288 g/mol. The zero-order valence-electron chi connectivity index (χ0n) is 11.7. The van der Waals surface area contributed by atoms with E-state index in [0.717, 1.165) is 24.4 Å². The maximum Gasteiger partial charge on any atom is 0.240 e. The van der Waals surface area contributed by atoms with Crippen LogP contribution in [0.1, 0.15) is 31.6 Å². The predicted molar refractivity (Wildman–Crippen MR) is 80.4 cm³/mol. The van der Waals surface area contributed by atoms with Crippen molar-refractivity contribution < 1.29 is 8.42 Å². The van der Waals surface area contributed by atoms with E-state index in [-0.39, 0.29) is 12.1 Å². The molecule has 0 radical (unpaired) electrons. The Bertz CT molecular complexity index is 691. The average Bonchev–Trinajstić information content (AvgIpc) is 3.08. The fourth-order valence-electron chi connectivity index (χ4n) is 2.05. The zero-order valence-corrected chi connectivity index (χ0v) is 12.5. The van der Waals surface area contributed by atoms with Crippen molar-refractivity contribution in [3.63, 3.8) is 0 Å². The molecule has 3 rings (SSSR count). The summed E-state index contributed by atoms with van der Waals surface area (Å²) in [6.07, 6.45) is 5.33. The van der Waals surface area contributed by atoms with Gasteiger partial charge in [0.2, 0.25) is 10.0 Å². The number of H-pyrrole nitrogens is 1. The van der Waals surface area contributed by atoms with Crippen LogP contribution in [-0.4, -0.2) is 24.4 Å². The molecule has 2 aromatic rings. The lowest BCUT2D eigenvalue weighted by Crippen LogP contribution is -2.25. The normalized spacial score (nSPS) is 16.6. The number of rotatable bonds is 6. The van der Waals surface area contributed by atoms with Gasteiger partial charge in [-0.05, 0) is 44.0 Å². The molecule has 0 spiro atoms. The number of nitrogens with one attached hydrogen (secondary N) is 3. The Morgan fingerprint density at radius 3 is 2.57 bits per heavy atom. The smallest absolute Gasteiger partial charge is 0.240 e. The number of aromatic nitrogens is 2. The standard InChI is InChI=1S/C14H18N4O2S/c1-10(14-15-8-9-16-14)17-11-4-6-13(7-5-11)21(19,20)18-12-2-3-12/h4-10,12,17-18H,2-3H2,1H3,(H,15,16). The molecule has 3 N–H and O–H groups in total. The van der Waals surface area contributed by atoms with Gasteiger partial charge in [0.25, 0.3) is 0 Å². The zero-order chi connectivity index (χ0) is 14.9. The van der Waals surface area contributed by atoms with Crippen molar-refractivity contribution >= 4 is 15.7 Å². The second-order valence-corrected chi connectivity index (χ2v) is 6.97. The Morgan fingerprint density at radius 1 is 1.29 bits per heavy atom. The van der Waals surface area contributed by atoms with Crippen molar-refractivity contribution in [2.24, 2.45) is 0 Å². The van der Waals surface area contributed by atoms with Crippen LogP contribution < -0.4 is 10.0 Å². The third-order valence-corrected chi connectivity index (χ3v) is 4.91. The van der Waals surface area contributed by atoms with Crippen LogP contribution in [-0.2, 0) is 10.0 Å². The van der Waals surface area contributed by atoms with Gasteiger partial charge < -0.3 is 10.3 Å². The number of benzene rings is 1. The van der Waals surface area contributed by atoms with Gasteiger partial charge in [-0.3, -0.25) is 0 Å². The molecule has 1 aliphatic carbocycles. The van der Waals surface area contributed by atoms with Gasteiger partial charge in [0, 0.05) is 24.1 Å². The quantitative estimate of drug-likeness (QED) is 0.762. The van der Waals surface area contributed by atoms with E-state index in [0.29, 0.717) is 4.90 Å². The second kappa shape index (κ2) is 5.50. The number of hydrogen-bond acceptors (Lipinski definition) is 4. The lowest BCUT2D eigenvalue weighted by atomic mass is 10.2. The van der Waals surface area contributed by atoms with Crippen molar-refractivity contribution in [3.05, 3.63) is 42.5 Å². The number of nitrogens with zero attached hydrogens (tertiary/aromatic N) is 1. The highest BCUT2D eigenvalue weighted by Gasteiger charge is 2.27. The van der Waals surface area contributed by atoms with Gasteiger partial charge in [-0.15, -0.1) is 0 Å². The third-order valence-electron chi connectivity index (χ3n) is 3.38. The molecule has 1 atom stereocenters. The highest BCUT2D eigenvalue weighted by molar-refractivity contribution is 7.89. The van der Waals surface area contributed by atoms with Crippen molar-refractivity contribution in [2.75, 3.05) is 5.32 Å². The summed E-state index contributed by atoms with van der Waals surface area (Å²) in [5, 5.41) is 3.27. The molecule has 112 valence electrons. The Hall–Kier alpha value is -1.86. The molecule has 1 aromatic carbocycles. The van der Waals surface area contributed by atoms with E-state index in [4.69, 9.17) is 0 Å². The predicted octanol–water partition coefficient (Wildman–Crippen LogP) is 2.02. The monoisotopic (exact) mass is 306 g/mol.